The van der Waals surface area contributed by atoms with E-state index < -0.39 is 0 Å². The predicted octanol–water partition coefficient (Wildman–Crippen LogP) is 3.74. The predicted molar refractivity (Wildman–Crippen MR) is 82.1 cm³/mol. The molecule has 0 aliphatic carbocycles. The van der Waals surface area contributed by atoms with Crippen LogP contribution < -0.4 is 0 Å². The minimum atomic E-state index is 0.803. The molecule has 2 nitrogen and oxygen atoms in total. The van der Waals surface area contributed by atoms with Crippen LogP contribution in [0.3, 0.4) is 0 Å². The van der Waals surface area contributed by atoms with Gasteiger partial charge in [-0.1, -0.05) is 20.3 Å². The summed E-state index contributed by atoms with van der Waals surface area (Å²) in [7, 11) is 0. The van der Waals surface area contributed by atoms with Gasteiger partial charge in [0.1, 0.15) is 0 Å². The van der Waals surface area contributed by atoms with Crippen molar-refractivity contribution in [2.24, 2.45) is 0 Å². The van der Waals surface area contributed by atoms with E-state index in [1.165, 1.54) is 43.5 Å². The summed E-state index contributed by atoms with van der Waals surface area (Å²) in [4.78, 5) is 7.79. The Bertz CT molecular complexity index is 549. The number of nitrogens with zero attached hydrogens (tertiary/aromatic N) is 2. The molecule has 0 saturated carbocycles. The van der Waals surface area contributed by atoms with Crippen LogP contribution in [0.2, 0.25) is 0 Å². The van der Waals surface area contributed by atoms with Crippen LogP contribution in [0, 0.1) is 6.92 Å². The second-order valence-corrected chi connectivity index (χ2v) is 6.93. The quantitative estimate of drug-likeness (QED) is 0.832. The standard InChI is InChI=1S/C18H26N2/c1-4-6-14-13(5-2)11(3)19-16-10-20-12-7-8-17(20)15(9-12)18(14)16/h12,15,17H,4-10H2,1-3H3/t12?,15-,17?/m0/s1. The van der Waals surface area contributed by atoms with Crippen molar-refractivity contribution < 1.29 is 0 Å². The molecule has 0 N–H and O–H groups in total. The molecular weight excluding hydrogens is 244 g/mol. The summed E-state index contributed by atoms with van der Waals surface area (Å²) in [5, 5.41) is 0. The molecule has 3 unspecified atom stereocenters. The highest BCUT2D eigenvalue weighted by Gasteiger charge is 2.51. The van der Waals surface area contributed by atoms with E-state index in [0.717, 1.165) is 31.0 Å². The van der Waals surface area contributed by atoms with Gasteiger partial charge in [-0.15, -0.1) is 0 Å². The van der Waals surface area contributed by atoms with E-state index in [1.807, 2.05) is 0 Å². The molecule has 108 valence electrons. The highest BCUT2D eigenvalue weighted by molar-refractivity contribution is 5.46. The second kappa shape index (κ2) is 4.56. The largest absolute Gasteiger partial charge is 0.291 e. The minimum Gasteiger partial charge on any atom is -0.291 e. The second-order valence-electron chi connectivity index (χ2n) is 6.93. The van der Waals surface area contributed by atoms with E-state index in [1.54, 1.807) is 16.7 Å². The van der Waals surface area contributed by atoms with Gasteiger partial charge in [0.15, 0.2) is 0 Å². The van der Waals surface area contributed by atoms with Gasteiger partial charge in [0, 0.05) is 30.2 Å². The summed E-state index contributed by atoms with van der Waals surface area (Å²) in [5.41, 5.74) is 7.66. The van der Waals surface area contributed by atoms with Crippen LogP contribution >= 0.6 is 0 Å². The van der Waals surface area contributed by atoms with Crippen molar-refractivity contribution in [3.63, 3.8) is 0 Å². The molecule has 4 heterocycles. The topological polar surface area (TPSA) is 16.1 Å². The fourth-order valence-corrected chi connectivity index (χ4v) is 5.28. The third-order valence-corrected chi connectivity index (χ3v) is 5.98. The molecule has 4 atom stereocenters. The van der Waals surface area contributed by atoms with Crippen LogP contribution in [0.1, 0.15) is 73.5 Å². The fourth-order valence-electron chi connectivity index (χ4n) is 5.28. The zero-order valence-electron chi connectivity index (χ0n) is 13.1. The summed E-state index contributed by atoms with van der Waals surface area (Å²) in [6.07, 6.45) is 7.91. The van der Waals surface area contributed by atoms with Crippen molar-refractivity contribution in [2.75, 3.05) is 0 Å². The molecular formula is C18H26N2. The van der Waals surface area contributed by atoms with Crippen molar-refractivity contribution in [3.05, 3.63) is 28.1 Å². The number of hydrogen-bond acceptors (Lipinski definition) is 2. The molecule has 2 heteroatoms. The Morgan fingerprint density at radius 3 is 2.80 bits per heavy atom. The number of aryl methyl sites for hydroxylation is 1. The van der Waals surface area contributed by atoms with E-state index in [2.05, 4.69) is 25.7 Å². The number of rotatable bonds is 3. The Hall–Kier alpha value is -0.890. The molecule has 4 rings (SSSR count). The van der Waals surface area contributed by atoms with Gasteiger partial charge in [0.05, 0.1) is 5.69 Å². The van der Waals surface area contributed by atoms with Crippen LogP contribution in [0.25, 0.3) is 0 Å². The van der Waals surface area contributed by atoms with Gasteiger partial charge in [-0.2, -0.15) is 0 Å². The van der Waals surface area contributed by atoms with Crippen LogP contribution in [0.5, 0.6) is 0 Å². The van der Waals surface area contributed by atoms with Crippen molar-refractivity contribution in [1.29, 1.82) is 0 Å². The summed E-state index contributed by atoms with van der Waals surface area (Å²) in [6, 6.07) is 1.70. The van der Waals surface area contributed by atoms with Gasteiger partial charge in [-0.3, -0.25) is 9.88 Å². The molecule has 20 heavy (non-hydrogen) atoms. The summed E-state index contributed by atoms with van der Waals surface area (Å²) in [6.45, 7) is 7.96. The van der Waals surface area contributed by atoms with Crippen LogP contribution in [-0.2, 0) is 19.4 Å². The highest BCUT2D eigenvalue weighted by atomic mass is 15.3. The van der Waals surface area contributed by atoms with Gasteiger partial charge in [0.25, 0.3) is 0 Å². The Morgan fingerprint density at radius 2 is 2.05 bits per heavy atom. The van der Waals surface area contributed by atoms with Crippen molar-refractivity contribution >= 4 is 0 Å². The maximum absolute atomic E-state index is 5.02. The number of pyridine rings is 1. The lowest BCUT2D eigenvalue weighted by Gasteiger charge is -2.34. The zero-order valence-corrected chi connectivity index (χ0v) is 13.1. The highest BCUT2D eigenvalue weighted by Crippen LogP contribution is 2.52. The Balaban J connectivity index is 1.89. The van der Waals surface area contributed by atoms with Crippen LogP contribution in [-0.4, -0.2) is 22.0 Å². The maximum Gasteiger partial charge on any atom is 0.0585 e. The van der Waals surface area contributed by atoms with Crippen LogP contribution in [0.15, 0.2) is 0 Å². The van der Waals surface area contributed by atoms with Gasteiger partial charge in [-0.25, -0.2) is 0 Å². The number of fused-ring (bicyclic) bond motifs is 2. The fraction of sp³-hybridized carbons (Fsp3) is 0.722. The molecule has 1 aromatic rings. The molecule has 0 aromatic carbocycles. The maximum atomic E-state index is 5.02. The van der Waals surface area contributed by atoms with Crippen molar-refractivity contribution in [3.8, 4) is 0 Å². The van der Waals surface area contributed by atoms with E-state index in [-0.39, 0.29) is 0 Å². The van der Waals surface area contributed by atoms with Gasteiger partial charge in [0.2, 0.25) is 0 Å². The van der Waals surface area contributed by atoms with Crippen molar-refractivity contribution in [1.82, 2.24) is 9.88 Å². The molecule has 0 amide bonds. The normalized spacial score (nSPS) is 33.5. The summed E-state index contributed by atoms with van der Waals surface area (Å²) < 4.78 is 0. The molecule has 0 radical (unpaired) electrons. The first kappa shape index (κ1) is 12.8. The third-order valence-electron chi connectivity index (χ3n) is 5.98. The Kier molecular flexibility index (Phi) is 2.92. The smallest absolute Gasteiger partial charge is 0.0585 e. The van der Waals surface area contributed by atoms with E-state index in [9.17, 15) is 0 Å². The van der Waals surface area contributed by atoms with Gasteiger partial charge < -0.3 is 0 Å². The Morgan fingerprint density at radius 1 is 1.20 bits per heavy atom. The van der Waals surface area contributed by atoms with Crippen LogP contribution in [0.4, 0.5) is 0 Å². The molecule has 0 spiro atoms. The summed E-state index contributed by atoms with van der Waals surface area (Å²) in [5.74, 6) is 0.803. The first-order valence-corrected chi connectivity index (χ1v) is 8.51. The zero-order chi connectivity index (χ0) is 13.9. The van der Waals surface area contributed by atoms with Crippen molar-refractivity contribution in [2.45, 2.75) is 83.8 Å². The molecule has 3 aliphatic heterocycles. The first-order chi connectivity index (χ1) is 9.74. The third kappa shape index (κ3) is 1.57. The van der Waals surface area contributed by atoms with E-state index >= 15 is 0 Å². The van der Waals surface area contributed by atoms with Gasteiger partial charge in [-0.05, 0) is 55.7 Å². The van der Waals surface area contributed by atoms with E-state index in [4.69, 9.17) is 4.98 Å². The molecule has 4 bridgehead atoms. The first-order valence-electron chi connectivity index (χ1n) is 8.51. The SMILES string of the molecule is CCCc1c(CC)c(C)nc2c1[C@H]1CC3CCC1N3C2. The molecule has 1 aromatic heterocycles. The van der Waals surface area contributed by atoms with E-state index in [0.29, 0.717) is 0 Å². The monoisotopic (exact) mass is 270 g/mol. The molecule has 2 saturated heterocycles. The lowest BCUT2D eigenvalue weighted by atomic mass is 9.77. The summed E-state index contributed by atoms with van der Waals surface area (Å²) >= 11 is 0. The molecule has 3 aliphatic rings. The lowest BCUT2D eigenvalue weighted by molar-refractivity contribution is 0.222. The average Bonchev–Trinajstić information content (AvgIpc) is 2.93. The Labute approximate surface area is 122 Å². The number of hydrogen-bond donors (Lipinski definition) is 0. The van der Waals surface area contributed by atoms with Gasteiger partial charge >= 0.3 is 0 Å². The lowest BCUT2D eigenvalue weighted by Crippen LogP contribution is -2.35. The average molecular weight is 270 g/mol. The minimum absolute atomic E-state index is 0.803. The number of aromatic nitrogens is 1. The molecule has 2 fully saturated rings.